The Bertz CT molecular complexity index is 551. The molecule has 2 aromatic rings. The molecule has 0 spiro atoms. The van der Waals surface area contributed by atoms with Crippen molar-refractivity contribution in [3.05, 3.63) is 23.5 Å². The van der Waals surface area contributed by atoms with Crippen molar-refractivity contribution in [1.82, 2.24) is 24.9 Å². The topological polar surface area (TPSA) is 82.6 Å². The van der Waals surface area contributed by atoms with Crippen LogP contribution in [0, 0.1) is 0 Å². The van der Waals surface area contributed by atoms with Gasteiger partial charge in [0.05, 0.1) is 6.54 Å². The van der Waals surface area contributed by atoms with Crippen molar-refractivity contribution in [2.24, 2.45) is 0 Å². The van der Waals surface area contributed by atoms with E-state index in [0.29, 0.717) is 18.4 Å². The SMILES string of the molecule is Clc1nc(NCc2ncc[nH]2)nc(N2CCCCC2)n1. The number of halogens is 1. The van der Waals surface area contributed by atoms with Crippen molar-refractivity contribution in [2.45, 2.75) is 25.8 Å². The van der Waals surface area contributed by atoms with E-state index in [2.05, 4.69) is 35.1 Å². The molecule has 0 bridgehead atoms. The summed E-state index contributed by atoms with van der Waals surface area (Å²) in [5.74, 6) is 1.94. The maximum Gasteiger partial charge on any atom is 0.231 e. The molecular weight excluding hydrogens is 278 g/mol. The summed E-state index contributed by atoms with van der Waals surface area (Å²) in [7, 11) is 0. The summed E-state index contributed by atoms with van der Waals surface area (Å²) < 4.78 is 0. The molecule has 3 heterocycles. The van der Waals surface area contributed by atoms with Gasteiger partial charge in [-0.05, 0) is 30.9 Å². The first kappa shape index (κ1) is 13.1. The molecule has 106 valence electrons. The minimum absolute atomic E-state index is 0.211. The van der Waals surface area contributed by atoms with Crippen molar-refractivity contribution >= 4 is 23.5 Å². The first-order valence-electron chi connectivity index (χ1n) is 6.70. The van der Waals surface area contributed by atoms with Gasteiger partial charge in [-0.1, -0.05) is 0 Å². The molecule has 1 fully saturated rings. The van der Waals surface area contributed by atoms with Gasteiger partial charge in [-0.2, -0.15) is 15.0 Å². The maximum absolute atomic E-state index is 5.98. The van der Waals surface area contributed by atoms with Gasteiger partial charge in [-0.15, -0.1) is 0 Å². The van der Waals surface area contributed by atoms with Crippen molar-refractivity contribution in [3.8, 4) is 0 Å². The van der Waals surface area contributed by atoms with Crippen LogP contribution in [0.25, 0.3) is 0 Å². The zero-order valence-corrected chi connectivity index (χ0v) is 11.8. The third-order valence-corrected chi connectivity index (χ3v) is 3.37. The Labute approximate surface area is 121 Å². The Morgan fingerprint density at radius 3 is 2.80 bits per heavy atom. The molecule has 2 aromatic heterocycles. The average molecular weight is 294 g/mol. The van der Waals surface area contributed by atoms with Crippen LogP contribution in [-0.2, 0) is 6.54 Å². The van der Waals surface area contributed by atoms with Gasteiger partial charge in [0.15, 0.2) is 0 Å². The number of nitrogens with zero attached hydrogens (tertiary/aromatic N) is 5. The number of imidazole rings is 1. The standard InChI is InChI=1S/C12H16ClN7/c13-10-17-11(16-8-9-14-4-5-15-9)19-12(18-10)20-6-2-1-3-7-20/h4-5H,1-3,6-8H2,(H,14,15)(H,16,17,18,19). The van der Waals surface area contributed by atoms with Crippen LogP contribution in [0.2, 0.25) is 5.28 Å². The molecule has 8 heteroatoms. The second-order valence-electron chi connectivity index (χ2n) is 4.67. The number of aromatic amines is 1. The summed E-state index contributed by atoms with van der Waals surface area (Å²) in [5, 5.41) is 3.31. The van der Waals surface area contributed by atoms with Crippen LogP contribution in [0.5, 0.6) is 0 Å². The van der Waals surface area contributed by atoms with E-state index in [1.807, 2.05) is 0 Å². The van der Waals surface area contributed by atoms with E-state index in [9.17, 15) is 0 Å². The van der Waals surface area contributed by atoms with Crippen molar-refractivity contribution in [2.75, 3.05) is 23.3 Å². The van der Waals surface area contributed by atoms with E-state index in [0.717, 1.165) is 18.9 Å². The molecule has 1 aliphatic rings. The Hall–Kier alpha value is -1.89. The van der Waals surface area contributed by atoms with Gasteiger partial charge in [0.2, 0.25) is 17.2 Å². The van der Waals surface area contributed by atoms with Crippen LogP contribution >= 0.6 is 11.6 Å². The number of aromatic nitrogens is 5. The van der Waals surface area contributed by atoms with E-state index >= 15 is 0 Å². The molecule has 1 saturated heterocycles. The highest BCUT2D eigenvalue weighted by molar-refractivity contribution is 6.28. The normalized spacial score (nSPS) is 15.3. The van der Waals surface area contributed by atoms with Crippen molar-refractivity contribution in [1.29, 1.82) is 0 Å². The zero-order chi connectivity index (χ0) is 13.8. The van der Waals surface area contributed by atoms with E-state index in [1.165, 1.54) is 19.3 Å². The first-order valence-corrected chi connectivity index (χ1v) is 7.08. The summed E-state index contributed by atoms with van der Waals surface area (Å²) in [6.45, 7) is 2.46. The quantitative estimate of drug-likeness (QED) is 0.895. The highest BCUT2D eigenvalue weighted by Crippen LogP contribution is 2.18. The molecule has 20 heavy (non-hydrogen) atoms. The van der Waals surface area contributed by atoms with Crippen LogP contribution in [-0.4, -0.2) is 38.0 Å². The third kappa shape index (κ3) is 3.16. The molecule has 0 saturated carbocycles. The summed E-state index contributed by atoms with van der Waals surface area (Å²) in [6.07, 6.45) is 7.07. The molecule has 0 radical (unpaired) electrons. The van der Waals surface area contributed by atoms with E-state index < -0.39 is 0 Å². The van der Waals surface area contributed by atoms with Gasteiger partial charge < -0.3 is 15.2 Å². The molecule has 0 aliphatic carbocycles. The Morgan fingerprint density at radius 2 is 2.05 bits per heavy atom. The maximum atomic E-state index is 5.98. The van der Waals surface area contributed by atoms with E-state index in [1.54, 1.807) is 12.4 Å². The summed E-state index contributed by atoms with van der Waals surface area (Å²) >= 11 is 5.98. The molecule has 0 atom stereocenters. The van der Waals surface area contributed by atoms with Gasteiger partial charge in [0.25, 0.3) is 0 Å². The van der Waals surface area contributed by atoms with Crippen LogP contribution in [0.3, 0.4) is 0 Å². The predicted octanol–water partition coefficient (Wildman–Crippen LogP) is 1.85. The Balaban J connectivity index is 1.72. The van der Waals surface area contributed by atoms with Crippen molar-refractivity contribution < 1.29 is 0 Å². The van der Waals surface area contributed by atoms with Crippen LogP contribution < -0.4 is 10.2 Å². The van der Waals surface area contributed by atoms with Gasteiger partial charge in [-0.3, -0.25) is 0 Å². The number of hydrogen-bond acceptors (Lipinski definition) is 6. The molecule has 0 amide bonds. The molecule has 0 aromatic carbocycles. The molecule has 2 N–H and O–H groups in total. The van der Waals surface area contributed by atoms with E-state index in [4.69, 9.17) is 11.6 Å². The second-order valence-corrected chi connectivity index (χ2v) is 5.00. The predicted molar refractivity (Wildman–Crippen MR) is 76.8 cm³/mol. The number of hydrogen-bond donors (Lipinski definition) is 2. The monoisotopic (exact) mass is 293 g/mol. The Morgan fingerprint density at radius 1 is 1.20 bits per heavy atom. The van der Waals surface area contributed by atoms with Gasteiger partial charge in [0.1, 0.15) is 5.82 Å². The molecule has 3 rings (SSSR count). The minimum Gasteiger partial charge on any atom is -0.347 e. The number of rotatable bonds is 4. The fourth-order valence-electron chi connectivity index (χ4n) is 2.21. The largest absolute Gasteiger partial charge is 0.347 e. The summed E-state index contributed by atoms with van der Waals surface area (Å²) in [6, 6.07) is 0. The number of nitrogens with one attached hydrogen (secondary N) is 2. The lowest BCUT2D eigenvalue weighted by Crippen LogP contribution is -2.31. The van der Waals surface area contributed by atoms with Crippen LogP contribution in [0.15, 0.2) is 12.4 Å². The fraction of sp³-hybridized carbons (Fsp3) is 0.500. The Kier molecular flexibility index (Phi) is 3.96. The highest BCUT2D eigenvalue weighted by atomic mass is 35.5. The minimum atomic E-state index is 0.211. The molecule has 1 aliphatic heterocycles. The third-order valence-electron chi connectivity index (χ3n) is 3.20. The highest BCUT2D eigenvalue weighted by Gasteiger charge is 2.15. The molecule has 0 unspecified atom stereocenters. The smallest absolute Gasteiger partial charge is 0.231 e. The average Bonchev–Trinajstić information content (AvgIpc) is 2.99. The van der Waals surface area contributed by atoms with Crippen LogP contribution in [0.1, 0.15) is 25.1 Å². The summed E-state index contributed by atoms with van der Waals surface area (Å²) in [4.78, 5) is 22.0. The fourth-order valence-corrected chi connectivity index (χ4v) is 2.37. The summed E-state index contributed by atoms with van der Waals surface area (Å²) in [5.41, 5.74) is 0. The number of piperidine rings is 1. The van der Waals surface area contributed by atoms with Gasteiger partial charge in [-0.25, -0.2) is 4.98 Å². The molecular formula is C12H16ClN7. The number of H-pyrrole nitrogens is 1. The van der Waals surface area contributed by atoms with Gasteiger partial charge >= 0.3 is 0 Å². The molecule has 7 nitrogen and oxygen atoms in total. The number of anilines is 2. The van der Waals surface area contributed by atoms with E-state index in [-0.39, 0.29) is 5.28 Å². The lowest BCUT2D eigenvalue weighted by atomic mass is 10.1. The second kappa shape index (κ2) is 6.04. The lowest BCUT2D eigenvalue weighted by Gasteiger charge is -2.26. The first-order chi connectivity index (χ1) is 9.81. The zero-order valence-electron chi connectivity index (χ0n) is 11.0. The van der Waals surface area contributed by atoms with Crippen molar-refractivity contribution in [3.63, 3.8) is 0 Å². The van der Waals surface area contributed by atoms with Gasteiger partial charge in [0, 0.05) is 25.5 Å². The lowest BCUT2D eigenvalue weighted by molar-refractivity contribution is 0.567. The van der Waals surface area contributed by atoms with Crippen LogP contribution in [0.4, 0.5) is 11.9 Å².